The summed E-state index contributed by atoms with van der Waals surface area (Å²) in [6.07, 6.45) is 9.80. The highest BCUT2D eigenvalue weighted by molar-refractivity contribution is 5.79. The van der Waals surface area contributed by atoms with Crippen LogP contribution in [0.5, 0.6) is 0 Å². The minimum absolute atomic E-state index is 0.965. The third kappa shape index (κ3) is 2.50. The summed E-state index contributed by atoms with van der Waals surface area (Å²) in [5.74, 6) is 0. The van der Waals surface area contributed by atoms with Crippen molar-refractivity contribution in [2.45, 2.75) is 26.2 Å². The van der Waals surface area contributed by atoms with Crippen molar-refractivity contribution in [1.29, 1.82) is 0 Å². The molecule has 0 saturated heterocycles. The van der Waals surface area contributed by atoms with Gasteiger partial charge in [0.25, 0.3) is 0 Å². The van der Waals surface area contributed by atoms with E-state index in [-0.39, 0.29) is 0 Å². The SMILES string of the molecule is CCCCC=Cc1ccc2ccoc2c1. The molecular formula is C14H16O. The molecule has 0 N–H and O–H groups in total. The summed E-state index contributed by atoms with van der Waals surface area (Å²) < 4.78 is 5.35. The van der Waals surface area contributed by atoms with E-state index >= 15 is 0 Å². The van der Waals surface area contributed by atoms with Crippen molar-refractivity contribution in [2.24, 2.45) is 0 Å². The third-order valence-electron chi connectivity index (χ3n) is 2.51. The van der Waals surface area contributed by atoms with Crippen LogP contribution < -0.4 is 0 Å². The van der Waals surface area contributed by atoms with Crippen LogP contribution in [-0.2, 0) is 0 Å². The predicted octanol–water partition coefficient (Wildman–Crippen LogP) is 4.64. The van der Waals surface area contributed by atoms with E-state index in [1.165, 1.54) is 23.8 Å². The largest absolute Gasteiger partial charge is 0.464 e. The molecular weight excluding hydrogens is 184 g/mol. The van der Waals surface area contributed by atoms with Gasteiger partial charge in [-0.25, -0.2) is 0 Å². The fourth-order valence-electron chi connectivity index (χ4n) is 1.62. The highest BCUT2D eigenvalue weighted by atomic mass is 16.3. The molecule has 1 heterocycles. The van der Waals surface area contributed by atoms with Crippen LogP contribution >= 0.6 is 0 Å². The fourth-order valence-corrected chi connectivity index (χ4v) is 1.62. The molecule has 78 valence electrons. The van der Waals surface area contributed by atoms with E-state index in [9.17, 15) is 0 Å². The van der Waals surface area contributed by atoms with Gasteiger partial charge in [0.15, 0.2) is 0 Å². The van der Waals surface area contributed by atoms with Crippen LogP contribution in [0.25, 0.3) is 17.0 Å². The molecule has 0 radical (unpaired) electrons. The van der Waals surface area contributed by atoms with Gasteiger partial charge >= 0.3 is 0 Å². The van der Waals surface area contributed by atoms with Crippen molar-refractivity contribution in [3.05, 3.63) is 42.2 Å². The van der Waals surface area contributed by atoms with E-state index in [0.717, 1.165) is 12.0 Å². The number of hydrogen-bond donors (Lipinski definition) is 0. The van der Waals surface area contributed by atoms with Gasteiger partial charge in [0.05, 0.1) is 6.26 Å². The van der Waals surface area contributed by atoms with Crippen LogP contribution in [-0.4, -0.2) is 0 Å². The summed E-state index contributed by atoms with van der Waals surface area (Å²) in [6.45, 7) is 2.21. The van der Waals surface area contributed by atoms with Gasteiger partial charge in [-0.05, 0) is 24.1 Å². The van der Waals surface area contributed by atoms with Crippen molar-refractivity contribution in [3.63, 3.8) is 0 Å². The molecule has 1 aromatic carbocycles. The maximum absolute atomic E-state index is 5.35. The summed E-state index contributed by atoms with van der Waals surface area (Å²) in [5.41, 5.74) is 2.18. The van der Waals surface area contributed by atoms with E-state index in [2.05, 4.69) is 37.3 Å². The highest BCUT2D eigenvalue weighted by Crippen LogP contribution is 2.17. The molecule has 15 heavy (non-hydrogen) atoms. The topological polar surface area (TPSA) is 13.1 Å². The van der Waals surface area contributed by atoms with Crippen LogP contribution in [0.4, 0.5) is 0 Å². The lowest BCUT2D eigenvalue weighted by atomic mass is 10.1. The molecule has 0 atom stereocenters. The average molecular weight is 200 g/mol. The molecule has 0 aliphatic carbocycles. The Bertz CT molecular complexity index is 451. The summed E-state index contributed by atoms with van der Waals surface area (Å²) >= 11 is 0. The van der Waals surface area contributed by atoms with Crippen LogP contribution in [0, 0.1) is 0 Å². The first-order valence-electron chi connectivity index (χ1n) is 5.54. The number of hydrogen-bond acceptors (Lipinski definition) is 1. The predicted molar refractivity (Wildman–Crippen MR) is 64.8 cm³/mol. The minimum Gasteiger partial charge on any atom is -0.464 e. The van der Waals surface area contributed by atoms with Crippen molar-refractivity contribution < 1.29 is 4.42 Å². The summed E-state index contributed by atoms with van der Waals surface area (Å²) in [7, 11) is 0. The lowest BCUT2D eigenvalue weighted by Gasteiger charge is -1.93. The number of fused-ring (bicyclic) bond motifs is 1. The number of furan rings is 1. The molecule has 0 spiro atoms. The van der Waals surface area contributed by atoms with Crippen molar-refractivity contribution in [3.8, 4) is 0 Å². The second kappa shape index (κ2) is 4.83. The third-order valence-corrected chi connectivity index (χ3v) is 2.51. The zero-order chi connectivity index (χ0) is 10.5. The number of rotatable bonds is 4. The fraction of sp³-hybridized carbons (Fsp3) is 0.286. The molecule has 1 aromatic heterocycles. The van der Waals surface area contributed by atoms with Crippen LogP contribution in [0.15, 0.2) is 41.0 Å². The molecule has 0 fully saturated rings. The molecule has 0 unspecified atom stereocenters. The Labute approximate surface area is 90.4 Å². The summed E-state index contributed by atoms with van der Waals surface area (Å²) in [4.78, 5) is 0. The van der Waals surface area contributed by atoms with Crippen molar-refractivity contribution in [2.75, 3.05) is 0 Å². The Hall–Kier alpha value is -1.50. The van der Waals surface area contributed by atoms with Crippen LogP contribution in [0.3, 0.4) is 0 Å². The zero-order valence-electron chi connectivity index (χ0n) is 9.07. The van der Waals surface area contributed by atoms with Gasteiger partial charge in [0, 0.05) is 5.39 Å². The first kappa shape index (κ1) is 10.0. The Kier molecular flexibility index (Phi) is 3.23. The van der Waals surface area contributed by atoms with Crippen molar-refractivity contribution in [1.82, 2.24) is 0 Å². The molecule has 0 aliphatic heterocycles. The second-order valence-electron chi connectivity index (χ2n) is 3.76. The Morgan fingerprint density at radius 3 is 3.07 bits per heavy atom. The second-order valence-corrected chi connectivity index (χ2v) is 3.76. The van der Waals surface area contributed by atoms with Crippen molar-refractivity contribution >= 4 is 17.0 Å². The zero-order valence-corrected chi connectivity index (χ0v) is 9.07. The minimum atomic E-state index is 0.965. The number of unbranched alkanes of at least 4 members (excludes halogenated alkanes) is 2. The summed E-state index contributed by atoms with van der Waals surface area (Å²) in [5, 5.41) is 1.17. The highest BCUT2D eigenvalue weighted by Gasteiger charge is 1.95. The maximum atomic E-state index is 5.35. The molecule has 1 heteroatoms. The van der Waals surface area contributed by atoms with E-state index in [1.807, 2.05) is 6.07 Å². The standard InChI is InChI=1S/C14H16O/c1-2-3-4-5-6-12-7-8-13-9-10-15-14(13)11-12/h5-11H,2-4H2,1H3. The quantitative estimate of drug-likeness (QED) is 0.655. The molecule has 2 aromatic rings. The van der Waals surface area contributed by atoms with Gasteiger partial charge < -0.3 is 4.42 Å². The van der Waals surface area contributed by atoms with E-state index in [1.54, 1.807) is 6.26 Å². The lowest BCUT2D eigenvalue weighted by Crippen LogP contribution is -1.72. The maximum Gasteiger partial charge on any atom is 0.134 e. The molecule has 1 nitrogen and oxygen atoms in total. The van der Waals surface area contributed by atoms with Crippen LogP contribution in [0.1, 0.15) is 31.7 Å². The van der Waals surface area contributed by atoms with Gasteiger partial charge in [-0.1, -0.05) is 44.1 Å². The normalized spacial score (nSPS) is 11.5. The molecule has 0 bridgehead atoms. The number of allylic oxidation sites excluding steroid dienone is 1. The molecule has 2 rings (SSSR count). The van der Waals surface area contributed by atoms with Gasteiger partial charge in [-0.15, -0.1) is 0 Å². The molecule has 0 saturated carbocycles. The smallest absolute Gasteiger partial charge is 0.134 e. The Morgan fingerprint density at radius 2 is 2.20 bits per heavy atom. The first-order valence-corrected chi connectivity index (χ1v) is 5.54. The average Bonchev–Trinajstić information content (AvgIpc) is 2.71. The summed E-state index contributed by atoms with van der Waals surface area (Å²) in [6, 6.07) is 8.29. The van der Waals surface area contributed by atoms with Crippen LogP contribution in [0.2, 0.25) is 0 Å². The molecule has 0 aliphatic rings. The van der Waals surface area contributed by atoms with Gasteiger partial charge in [-0.2, -0.15) is 0 Å². The van der Waals surface area contributed by atoms with E-state index < -0.39 is 0 Å². The van der Waals surface area contributed by atoms with Gasteiger partial charge in [-0.3, -0.25) is 0 Å². The van der Waals surface area contributed by atoms with E-state index in [0.29, 0.717) is 0 Å². The number of benzene rings is 1. The Balaban J connectivity index is 2.10. The van der Waals surface area contributed by atoms with Gasteiger partial charge in [0.1, 0.15) is 5.58 Å². The lowest BCUT2D eigenvalue weighted by molar-refractivity contribution is 0.616. The Morgan fingerprint density at radius 1 is 1.27 bits per heavy atom. The van der Waals surface area contributed by atoms with Gasteiger partial charge in [0.2, 0.25) is 0 Å². The van der Waals surface area contributed by atoms with E-state index in [4.69, 9.17) is 4.42 Å². The monoisotopic (exact) mass is 200 g/mol. The molecule has 0 amide bonds. The first-order chi connectivity index (χ1) is 7.40.